The third-order valence-electron chi connectivity index (χ3n) is 4.08. The van der Waals surface area contributed by atoms with E-state index in [2.05, 4.69) is 27.7 Å². The van der Waals surface area contributed by atoms with Crippen LogP contribution in [0.15, 0.2) is 12.1 Å². The minimum absolute atomic E-state index is 0.0280. The molecule has 0 saturated heterocycles. The molecule has 17 heavy (non-hydrogen) atoms. The Bertz CT molecular complexity index is 446. The van der Waals surface area contributed by atoms with Gasteiger partial charge in [0.05, 0.1) is 7.11 Å². The highest BCUT2D eigenvalue weighted by Gasteiger charge is 2.39. The predicted octanol–water partition coefficient (Wildman–Crippen LogP) is 4.18. The molecule has 0 aromatic heterocycles. The van der Waals surface area contributed by atoms with E-state index in [4.69, 9.17) is 4.74 Å². The first-order valence-corrected chi connectivity index (χ1v) is 6.16. The summed E-state index contributed by atoms with van der Waals surface area (Å²) in [6, 6.07) is 3.50. The first kappa shape index (κ1) is 12.4. The van der Waals surface area contributed by atoms with Gasteiger partial charge in [0.2, 0.25) is 0 Å². The van der Waals surface area contributed by atoms with Crippen LogP contribution in [0, 0.1) is 5.82 Å². The van der Waals surface area contributed by atoms with E-state index in [-0.39, 0.29) is 16.6 Å². The third kappa shape index (κ3) is 1.94. The van der Waals surface area contributed by atoms with Gasteiger partial charge in [-0.2, -0.15) is 0 Å². The summed E-state index contributed by atoms with van der Waals surface area (Å²) < 4.78 is 19.5. The van der Waals surface area contributed by atoms with Gasteiger partial charge in [0.25, 0.3) is 0 Å². The number of hydrogen-bond acceptors (Lipinski definition) is 1. The molecule has 2 heteroatoms. The number of rotatable bonds is 1. The molecule has 1 aromatic carbocycles. The predicted molar refractivity (Wildman–Crippen MR) is 68.2 cm³/mol. The molecule has 1 nitrogen and oxygen atoms in total. The highest BCUT2D eigenvalue weighted by molar-refractivity contribution is 5.46. The van der Waals surface area contributed by atoms with Crippen LogP contribution in [-0.2, 0) is 10.8 Å². The first-order valence-electron chi connectivity index (χ1n) is 6.16. The summed E-state index contributed by atoms with van der Waals surface area (Å²) in [4.78, 5) is 0. The van der Waals surface area contributed by atoms with E-state index < -0.39 is 0 Å². The van der Waals surface area contributed by atoms with Crippen LogP contribution in [0.3, 0.4) is 0 Å². The zero-order valence-electron chi connectivity index (χ0n) is 11.4. The van der Waals surface area contributed by atoms with E-state index in [0.717, 1.165) is 24.0 Å². The van der Waals surface area contributed by atoms with Crippen molar-refractivity contribution in [2.24, 2.45) is 0 Å². The second-order valence-corrected chi connectivity index (χ2v) is 6.30. The Morgan fingerprint density at radius 2 is 1.65 bits per heavy atom. The van der Waals surface area contributed by atoms with Gasteiger partial charge in [-0.15, -0.1) is 0 Å². The Hall–Kier alpha value is -1.05. The first-order chi connectivity index (χ1) is 7.78. The van der Waals surface area contributed by atoms with Crippen LogP contribution >= 0.6 is 0 Å². The van der Waals surface area contributed by atoms with Crippen LogP contribution in [0.5, 0.6) is 5.75 Å². The smallest absolute Gasteiger partial charge is 0.130 e. The van der Waals surface area contributed by atoms with Gasteiger partial charge in [-0.05, 0) is 40.9 Å². The average Bonchev–Trinajstić information content (AvgIpc) is 2.23. The zero-order chi connectivity index (χ0) is 12.8. The van der Waals surface area contributed by atoms with Gasteiger partial charge in [-0.3, -0.25) is 0 Å². The highest BCUT2D eigenvalue weighted by Crippen LogP contribution is 2.47. The van der Waals surface area contributed by atoms with E-state index in [1.165, 1.54) is 6.07 Å². The minimum atomic E-state index is -0.128. The molecule has 0 aliphatic heterocycles. The number of hydrogen-bond donors (Lipinski definition) is 0. The summed E-state index contributed by atoms with van der Waals surface area (Å²) >= 11 is 0. The summed E-state index contributed by atoms with van der Waals surface area (Å²) in [6.07, 6.45) is 2.11. The largest absolute Gasteiger partial charge is 0.497 e. The summed E-state index contributed by atoms with van der Waals surface area (Å²) in [5, 5.41) is 0. The zero-order valence-corrected chi connectivity index (χ0v) is 11.4. The maximum Gasteiger partial charge on any atom is 0.130 e. The lowest BCUT2D eigenvalue weighted by Gasteiger charge is -2.42. The Morgan fingerprint density at radius 1 is 1.06 bits per heavy atom. The summed E-state index contributed by atoms with van der Waals surface area (Å²) in [7, 11) is 1.59. The Kier molecular flexibility index (Phi) is 2.72. The normalized spacial score (nSPS) is 20.8. The SMILES string of the molecule is COc1cc(F)c2c(c1)C(C)(C)CCC2(C)C. The van der Waals surface area contributed by atoms with E-state index in [1.54, 1.807) is 7.11 Å². The molecule has 0 N–H and O–H groups in total. The second kappa shape index (κ2) is 3.72. The topological polar surface area (TPSA) is 9.23 Å². The van der Waals surface area contributed by atoms with Crippen molar-refractivity contribution in [1.82, 2.24) is 0 Å². The maximum atomic E-state index is 14.3. The molecule has 1 aliphatic rings. The fourth-order valence-electron chi connectivity index (χ4n) is 2.81. The highest BCUT2D eigenvalue weighted by atomic mass is 19.1. The van der Waals surface area contributed by atoms with Crippen LogP contribution in [0.1, 0.15) is 51.7 Å². The minimum Gasteiger partial charge on any atom is -0.497 e. The van der Waals surface area contributed by atoms with Crippen LogP contribution < -0.4 is 4.74 Å². The van der Waals surface area contributed by atoms with Crippen LogP contribution in [0.4, 0.5) is 4.39 Å². The van der Waals surface area contributed by atoms with E-state index >= 15 is 0 Å². The molecule has 0 heterocycles. The molecular formula is C15H21FO. The Morgan fingerprint density at radius 3 is 2.24 bits per heavy atom. The van der Waals surface area contributed by atoms with Crippen molar-refractivity contribution in [3.8, 4) is 5.75 Å². The van der Waals surface area contributed by atoms with E-state index in [9.17, 15) is 4.39 Å². The van der Waals surface area contributed by atoms with Gasteiger partial charge >= 0.3 is 0 Å². The number of benzene rings is 1. The number of fused-ring (bicyclic) bond motifs is 1. The Labute approximate surface area is 103 Å². The van der Waals surface area contributed by atoms with Gasteiger partial charge in [0.15, 0.2) is 0 Å². The molecule has 1 aromatic rings. The van der Waals surface area contributed by atoms with E-state index in [1.807, 2.05) is 6.07 Å². The molecule has 2 rings (SSSR count). The van der Waals surface area contributed by atoms with Gasteiger partial charge in [-0.1, -0.05) is 27.7 Å². The molecule has 94 valence electrons. The summed E-state index contributed by atoms with van der Waals surface area (Å²) in [5.41, 5.74) is 1.92. The number of methoxy groups -OCH3 is 1. The molecule has 0 unspecified atom stereocenters. The lowest BCUT2D eigenvalue weighted by Crippen LogP contribution is -2.34. The van der Waals surface area contributed by atoms with Crippen molar-refractivity contribution < 1.29 is 9.13 Å². The summed E-state index contributed by atoms with van der Waals surface area (Å²) in [6.45, 7) is 8.60. The number of halogens is 1. The van der Waals surface area contributed by atoms with Crippen molar-refractivity contribution in [3.63, 3.8) is 0 Å². The lowest BCUT2D eigenvalue weighted by atomic mass is 9.63. The van der Waals surface area contributed by atoms with Crippen molar-refractivity contribution in [2.75, 3.05) is 7.11 Å². The van der Waals surface area contributed by atoms with Gasteiger partial charge in [0.1, 0.15) is 11.6 Å². The fraction of sp³-hybridized carbons (Fsp3) is 0.600. The lowest BCUT2D eigenvalue weighted by molar-refractivity contribution is 0.315. The molecule has 0 amide bonds. The molecule has 0 fully saturated rings. The van der Waals surface area contributed by atoms with Crippen molar-refractivity contribution in [3.05, 3.63) is 29.1 Å². The Balaban J connectivity index is 2.71. The van der Waals surface area contributed by atoms with Gasteiger partial charge in [0, 0.05) is 6.07 Å². The molecular weight excluding hydrogens is 215 g/mol. The monoisotopic (exact) mass is 236 g/mol. The molecule has 0 bridgehead atoms. The van der Waals surface area contributed by atoms with Crippen molar-refractivity contribution in [1.29, 1.82) is 0 Å². The molecule has 1 aliphatic carbocycles. The third-order valence-corrected chi connectivity index (χ3v) is 4.08. The fourth-order valence-corrected chi connectivity index (χ4v) is 2.81. The van der Waals surface area contributed by atoms with Crippen LogP contribution in [-0.4, -0.2) is 7.11 Å². The van der Waals surface area contributed by atoms with E-state index in [0.29, 0.717) is 5.75 Å². The second-order valence-electron chi connectivity index (χ2n) is 6.30. The molecule has 0 atom stereocenters. The number of ether oxygens (including phenoxy) is 1. The maximum absolute atomic E-state index is 14.3. The average molecular weight is 236 g/mol. The van der Waals surface area contributed by atoms with Crippen molar-refractivity contribution in [2.45, 2.75) is 51.4 Å². The molecule has 0 spiro atoms. The van der Waals surface area contributed by atoms with Crippen molar-refractivity contribution >= 4 is 0 Å². The van der Waals surface area contributed by atoms with Gasteiger partial charge in [-0.25, -0.2) is 4.39 Å². The van der Waals surface area contributed by atoms with Crippen LogP contribution in [0.25, 0.3) is 0 Å². The van der Waals surface area contributed by atoms with Crippen LogP contribution in [0.2, 0.25) is 0 Å². The summed E-state index contributed by atoms with van der Waals surface area (Å²) in [5.74, 6) is 0.490. The molecule has 0 saturated carbocycles. The quantitative estimate of drug-likeness (QED) is 0.710. The standard InChI is InChI=1S/C15H21FO/c1-14(2)6-7-15(3,4)13-11(14)8-10(17-5)9-12(13)16/h8-9H,6-7H2,1-5H3. The van der Waals surface area contributed by atoms with Gasteiger partial charge < -0.3 is 4.74 Å². The molecule has 0 radical (unpaired) electrons.